The molecule has 0 aliphatic heterocycles. The molecule has 0 fully saturated rings. The number of thiophene rings is 1. The molecule has 116 valence electrons. The lowest BCUT2D eigenvalue weighted by atomic mass is 10.2. The molecule has 0 amide bonds. The first kappa shape index (κ1) is 16.1. The summed E-state index contributed by atoms with van der Waals surface area (Å²) in [4.78, 5) is 7.13. The minimum Gasteiger partial charge on any atom is -0.356 e. The highest BCUT2D eigenvalue weighted by atomic mass is 32.1. The van der Waals surface area contributed by atoms with E-state index in [1.165, 1.54) is 29.0 Å². The van der Waals surface area contributed by atoms with Gasteiger partial charge in [-0.15, -0.1) is 11.3 Å². The van der Waals surface area contributed by atoms with Gasteiger partial charge >= 0.3 is 0 Å². The van der Waals surface area contributed by atoms with E-state index < -0.39 is 0 Å². The summed E-state index contributed by atoms with van der Waals surface area (Å²) < 4.78 is 0. The van der Waals surface area contributed by atoms with E-state index >= 15 is 0 Å². The van der Waals surface area contributed by atoms with Crippen molar-refractivity contribution < 1.29 is 0 Å². The molecule has 1 unspecified atom stereocenters. The Bertz CT molecular complexity index is 502. The van der Waals surface area contributed by atoms with Crippen LogP contribution in [0, 0.1) is 6.92 Å². The SMILES string of the molecule is CN=C(NCCC1=CCCC1)NC(C)Cc1ccc(C)s1. The van der Waals surface area contributed by atoms with Gasteiger partial charge in [-0.1, -0.05) is 11.6 Å². The van der Waals surface area contributed by atoms with Gasteiger partial charge in [0.25, 0.3) is 0 Å². The zero-order valence-corrected chi connectivity index (χ0v) is 14.2. The molecule has 3 nitrogen and oxygen atoms in total. The Morgan fingerprint density at radius 1 is 1.43 bits per heavy atom. The van der Waals surface area contributed by atoms with Gasteiger partial charge in [-0.3, -0.25) is 4.99 Å². The van der Waals surface area contributed by atoms with Crippen LogP contribution in [0.4, 0.5) is 0 Å². The first-order valence-corrected chi connectivity index (χ1v) is 8.69. The molecule has 0 spiro atoms. The van der Waals surface area contributed by atoms with E-state index in [2.05, 4.69) is 47.7 Å². The van der Waals surface area contributed by atoms with Gasteiger partial charge in [0.15, 0.2) is 5.96 Å². The van der Waals surface area contributed by atoms with Crippen molar-refractivity contribution in [3.8, 4) is 0 Å². The summed E-state index contributed by atoms with van der Waals surface area (Å²) in [5.41, 5.74) is 1.60. The highest BCUT2D eigenvalue weighted by Crippen LogP contribution is 2.19. The smallest absolute Gasteiger partial charge is 0.191 e. The minimum atomic E-state index is 0.389. The fourth-order valence-corrected chi connectivity index (χ4v) is 3.70. The van der Waals surface area contributed by atoms with Crippen molar-refractivity contribution in [1.29, 1.82) is 0 Å². The standard InChI is InChI=1S/C17H27N3S/c1-13(12-16-9-8-14(2)21-16)20-17(18-3)19-11-10-15-6-4-5-7-15/h6,8-9,13H,4-5,7,10-12H2,1-3H3,(H2,18,19,20). The van der Waals surface area contributed by atoms with Crippen molar-refractivity contribution in [3.63, 3.8) is 0 Å². The van der Waals surface area contributed by atoms with Crippen molar-refractivity contribution in [2.24, 2.45) is 4.99 Å². The van der Waals surface area contributed by atoms with Gasteiger partial charge in [0.05, 0.1) is 0 Å². The number of aryl methyl sites for hydroxylation is 1. The molecule has 1 aliphatic carbocycles. The Labute approximate surface area is 132 Å². The second-order valence-corrected chi connectivity index (χ2v) is 7.14. The number of nitrogens with one attached hydrogen (secondary N) is 2. The Balaban J connectivity index is 1.71. The third kappa shape index (κ3) is 5.54. The summed E-state index contributed by atoms with van der Waals surface area (Å²) >= 11 is 1.88. The van der Waals surface area contributed by atoms with Crippen molar-refractivity contribution >= 4 is 17.3 Å². The first-order chi connectivity index (χ1) is 10.2. The fraction of sp³-hybridized carbons (Fsp3) is 0.588. The van der Waals surface area contributed by atoms with Crippen molar-refractivity contribution in [2.75, 3.05) is 13.6 Å². The van der Waals surface area contributed by atoms with Crippen LogP contribution in [0.5, 0.6) is 0 Å². The van der Waals surface area contributed by atoms with Crippen LogP contribution >= 0.6 is 11.3 Å². The van der Waals surface area contributed by atoms with E-state index in [1.54, 1.807) is 5.57 Å². The summed E-state index contributed by atoms with van der Waals surface area (Å²) in [6.45, 7) is 5.34. The third-order valence-corrected chi connectivity index (χ3v) is 4.81. The lowest BCUT2D eigenvalue weighted by molar-refractivity contribution is 0.643. The molecule has 2 N–H and O–H groups in total. The quantitative estimate of drug-likeness (QED) is 0.478. The Hall–Kier alpha value is -1.29. The van der Waals surface area contributed by atoms with Crippen LogP contribution in [-0.2, 0) is 6.42 Å². The molecule has 1 heterocycles. The van der Waals surface area contributed by atoms with E-state index in [9.17, 15) is 0 Å². The average molecular weight is 305 g/mol. The highest BCUT2D eigenvalue weighted by Gasteiger charge is 2.08. The van der Waals surface area contributed by atoms with Crippen LogP contribution in [0.15, 0.2) is 28.8 Å². The molecular weight excluding hydrogens is 278 g/mol. The van der Waals surface area contributed by atoms with E-state index in [0.29, 0.717) is 6.04 Å². The maximum absolute atomic E-state index is 4.32. The van der Waals surface area contributed by atoms with Crippen LogP contribution in [0.2, 0.25) is 0 Å². The zero-order chi connectivity index (χ0) is 15.1. The fourth-order valence-electron chi connectivity index (χ4n) is 2.68. The average Bonchev–Trinajstić information content (AvgIpc) is 3.09. The van der Waals surface area contributed by atoms with Crippen LogP contribution in [0.3, 0.4) is 0 Å². The predicted molar refractivity (Wildman–Crippen MR) is 93.3 cm³/mol. The molecular formula is C17H27N3S. The molecule has 21 heavy (non-hydrogen) atoms. The van der Waals surface area contributed by atoms with Crippen LogP contribution in [0.25, 0.3) is 0 Å². The third-order valence-electron chi connectivity index (χ3n) is 3.78. The van der Waals surface area contributed by atoms with Gasteiger partial charge < -0.3 is 10.6 Å². The van der Waals surface area contributed by atoms with E-state index in [-0.39, 0.29) is 0 Å². The number of nitrogens with zero attached hydrogens (tertiary/aromatic N) is 1. The summed E-state index contributed by atoms with van der Waals surface area (Å²) in [6, 6.07) is 4.80. The summed E-state index contributed by atoms with van der Waals surface area (Å²) in [5.74, 6) is 0.911. The van der Waals surface area contributed by atoms with Crippen LogP contribution in [-0.4, -0.2) is 25.6 Å². The number of allylic oxidation sites excluding steroid dienone is 1. The summed E-state index contributed by atoms with van der Waals surface area (Å²) in [7, 11) is 1.84. The number of rotatable bonds is 6. The molecule has 0 aromatic carbocycles. The molecule has 0 radical (unpaired) electrons. The molecule has 4 heteroatoms. The van der Waals surface area contributed by atoms with Crippen molar-refractivity contribution in [1.82, 2.24) is 10.6 Å². The van der Waals surface area contributed by atoms with Gasteiger partial charge in [0.2, 0.25) is 0 Å². The normalized spacial score (nSPS) is 16.7. The number of hydrogen-bond donors (Lipinski definition) is 2. The molecule has 0 saturated carbocycles. The number of guanidine groups is 1. The van der Waals surface area contributed by atoms with E-state index in [4.69, 9.17) is 0 Å². The Kier molecular flexibility index (Phi) is 6.30. The molecule has 0 saturated heterocycles. The molecule has 1 aromatic heterocycles. The number of hydrogen-bond acceptors (Lipinski definition) is 2. The van der Waals surface area contributed by atoms with Gasteiger partial charge in [-0.05, 0) is 51.7 Å². The van der Waals surface area contributed by atoms with Crippen LogP contribution in [0.1, 0.15) is 42.4 Å². The second kappa shape index (κ2) is 8.23. The molecule has 2 rings (SSSR count). The zero-order valence-electron chi connectivity index (χ0n) is 13.4. The summed E-state index contributed by atoms with van der Waals surface area (Å²) in [6.07, 6.45) is 8.45. The van der Waals surface area contributed by atoms with E-state index in [1.807, 2.05) is 18.4 Å². The van der Waals surface area contributed by atoms with Crippen molar-refractivity contribution in [2.45, 2.75) is 52.0 Å². The van der Waals surface area contributed by atoms with Crippen LogP contribution < -0.4 is 10.6 Å². The Morgan fingerprint density at radius 3 is 2.90 bits per heavy atom. The number of aliphatic imine (C=N–C) groups is 1. The lowest BCUT2D eigenvalue weighted by Crippen LogP contribution is -2.43. The molecule has 1 aromatic rings. The predicted octanol–water partition coefficient (Wildman–Crippen LogP) is 3.65. The highest BCUT2D eigenvalue weighted by molar-refractivity contribution is 7.11. The first-order valence-electron chi connectivity index (χ1n) is 7.88. The Morgan fingerprint density at radius 2 is 2.29 bits per heavy atom. The molecule has 0 bridgehead atoms. The largest absolute Gasteiger partial charge is 0.356 e. The van der Waals surface area contributed by atoms with Gasteiger partial charge in [0.1, 0.15) is 0 Å². The molecule has 1 atom stereocenters. The van der Waals surface area contributed by atoms with Gasteiger partial charge in [0, 0.05) is 35.8 Å². The van der Waals surface area contributed by atoms with Crippen molar-refractivity contribution in [3.05, 3.63) is 33.5 Å². The van der Waals surface area contributed by atoms with E-state index in [0.717, 1.165) is 25.3 Å². The topological polar surface area (TPSA) is 36.4 Å². The van der Waals surface area contributed by atoms with Gasteiger partial charge in [-0.25, -0.2) is 0 Å². The summed E-state index contributed by atoms with van der Waals surface area (Å²) in [5, 5.41) is 6.90. The second-order valence-electron chi connectivity index (χ2n) is 5.77. The monoisotopic (exact) mass is 305 g/mol. The van der Waals surface area contributed by atoms with Gasteiger partial charge in [-0.2, -0.15) is 0 Å². The maximum Gasteiger partial charge on any atom is 0.191 e. The maximum atomic E-state index is 4.32. The minimum absolute atomic E-state index is 0.389. The molecule has 1 aliphatic rings. The lowest BCUT2D eigenvalue weighted by Gasteiger charge is -2.17.